The molecule has 1 aromatic carbocycles. The van der Waals surface area contributed by atoms with Gasteiger partial charge in [-0.1, -0.05) is 29.8 Å². The van der Waals surface area contributed by atoms with Crippen LogP contribution in [-0.4, -0.2) is 9.91 Å². The summed E-state index contributed by atoms with van der Waals surface area (Å²) >= 11 is 3.43. The molecule has 0 fully saturated rings. The third-order valence-electron chi connectivity index (χ3n) is 3.05. The van der Waals surface area contributed by atoms with Crippen molar-refractivity contribution in [1.29, 1.82) is 0 Å². The van der Waals surface area contributed by atoms with Gasteiger partial charge in [-0.25, -0.2) is 4.98 Å². The molecule has 2 aromatic rings. The maximum Gasteiger partial charge on any atom is 0.279 e. The molecular weight excluding hydrogens is 336 g/mol. The lowest BCUT2D eigenvalue weighted by Crippen LogP contribution is -1.98. The van der Waals surface area contributed by atoms with Crippen LogP contribution in [0.4, 0.5) is 5.69 Å². The fourth-order valence-corrected chi connectivity index (χ4v) is 2.30. The van der Waals surface area contributed by atoms with Crippen molar-refractivity contribution in [3.05, 3.63) is 56.2 Å². The Labute approximate surface area is 131 Å². The summed E-state index contributed by atoms with van der Waals surface area (Å²) < 4.78 is 6.69. The topological polar surface area (TPSA) is 65.3 Å². The van der Waals surface area contributed by atoms with Crippen LogP contribution in [0.2, 0.25) is 0 Å². The minimum absolute atomic E-state index is 0.00297. The first-order valence-corrected chi connectivity index (χ1v) is 7.26. The van der Waals surface area contributed by atoms with Gasteiger partial charge >= 0.3 is 0 Å². The van der Waals surface area contributed by atoms with Crippen LogP contribution in [0.3, 0.4) is 0 Å². The molecule has 0 radical (unpaired) electrons. The largest absolute Gasteiger partial charge is 0.438 e. The molecule has 0 saturated heterocycles. The van der Waals surface area contributed by atoms with E-state index in [1.165, 1.54) is 12.3 Å². The smallest absolute Gasteiger partial charge is 0.279 e. The van der Waals surface area contributed by atoms with E-state index < -0.39 is 4.92 Å². The predicted octanol–water partition coefficient (Wildman–Crippen LogP) is 4.98. The second kappa shape index (κ2) is 6.22. The van der Waals surface area contributed by atoms with E-state index in [4.69, 9.17) is 4.74 Å². The molecule has 0 N–H and O–H groups in total. The Hall–Kier alpha value is -1.95. The number of halogens is 1. The van der Waals surface area contributed by atoms with Crippen LogP contribution in [0.15, 0.2) is 34.9 Å². The number of aromatic nitrogens is 1. The fraction of sp³-hybridized carbons (Fsp3) is 0.267. The molecule has 0 saturated carbocycles. The van der Waals surface area contributed by atoms with E-state index in [1.54, 1.807) is 6.92 Å². The Kier molecular flexibility index (Phi) is 4.57. The van der Waals surface area contributed by atoms with Gasteiger partial charge in [0, 0.05) is 16.2 Å². The maximum atomic E-state index is 11.0. The minimum atomic E-state index is -0.436. The number of benzene rings is 1. The van der Waals surface area contributed by atoms with Crippen molar-refractivity contribution >= 4 is 21.6 Å². The van der Waals surface area contributed by atoms with Gasteiger partial charge in [-0.05, 0) is 36.6 Å². The highest BCUT2D eigenvalue weighted by Crippen LogP contribution is 2.33. The first kappa shape index (κ1) is 15.4. The number of aryl methyl sites for hydroxylation is 1. The SMILES string of the molecule is Cc1cnc(Oc2ccc(Br)cc2C(C)C)cc1[N+](=O)[O-]. The fourth-order valence-electron chi connectivity index (χ4n) is 1.92. The summed E-state index contributed by atoms with van der Waals surface area (Å²) in [4.78, 5) is 14.6. The van der Waals surface area contributed by atoms with E-state index in [2.05, 4.69) is 34.8 Å². The summed E-state index contributed by atoms with van der Waals surface area (Å²) in [5.41, 5.74) is 1.52. The summed E-state index contributed by atoms with van der Waals surface area (Å²) in [6.07, 6.45) is 1.45. The molecule has 0 atom stereocenters. The molecule has 0 aliphatic rings. The van der Waals surface area contributed by atoms with Crippen LogP contribution < -0.4 is 4.74 Å². The van der Waals surface area contributed by atoms with Gasteiger partial charge in [0.15, 0.2) is 0 Å². The number of nitrogens with zero attached hydrogens (tertiary/aromatic N) is 2. The van der Waals surface area contributed by atoms with Crippen LogP contribution in [-0.2, 0) is 0 Å². The van der Waals surface area contributed by atoms with Crippen molar-refractivity contribution in [2.75, 3.05) is 0 Å². The van der Waals surface area contributed by atoms with Gasteiger partial charge in [0.05, 0.1) is 11.0 Å². The summed E-state index contributed by atoms with van der Waals surface area (Å²) in [6, 6.07) is 7.01. The van der Waals surface area contributed by atoms with Crippen LogP contribution in [0, 0.1) is 17.0 Å². The molecule has 21 heavy (non-hydrogen) atoms. The Morgan fingerprint density at radius 1 is 1.33 bits per heavy atom. The summed E-state index contributed by atoms with van der Waals surface area (Å²) in [7, 11) is 0. The number of ether oxygens (including phenoxy) is 1. The zero-order chi connectivity index (χ0) is 15.6. The van der Waals surface area contributed by atoms with Crippen molar-refractivity contribution in [3.63, 3.8) is 0 Å². The normalized spacial score (nSPS) is 10.7. The van der Waals surface area contributed by atoms with Crippen LogP contribution in [0.25, 0.3) is 0 Å². The molecule has 0 bridgehead atoms. The lowest BCUT2D eigenvalue weighted by molar-refractivity contribution is -0.385. The van der Waals surface area contributed by atoms with Gasteiger partial charge in [0.1, 0.15) is 5.75 Å². The van der Waals surface area contributed by atoms with E-state index in [0.717, 1.165) is 10.0 Å². The maximum absolute atomic E-state index is 11.0. The molecule has 0 unspecified atom stereocenters. The molecule has 1 heterocycles. The van der Waals surface area contributed by atoms with E-state index in [1.807, 2.05) is 18.2 Å². The van der Waals surface area contributed by atoms with E-state index in [0.29, 0.717) is 11.3 Å². The first-order chi connectivity index (χ1) is 9.88. The minimum Gasteiger partial charge on any atom is -0.438 e. The summed E-state index contributed by atoms with van der Waals surface area (Å²) in [5.74, 6) is 1.13. The van der Waals surface area contributed by atoms with Gasteiger partial charge in [-0.2, -0.15) is 0 Å². The molecule has 1 aromatic heterocycles. The molecule has 110 valence electrons. The number of rotatable bonds is 4. The van der Waals surface area contributed by atoms with E-state index in [9.17, 15) is 10.1 Å². The number of nitro groups is 1. The quantitative estimate of drug-likeness (QED) is 0.576. The Morgan fingerprint density at radius 2 is 2.05 bits per heavy atom. The van der Waals surface area contributed by atoms with Crippen LogP contribution in [0.5, 0.6) is 11.6 Å². The zero-order valence-corrected chi connectivity index (χ0v) is 13.5. The average molecular weight is 351 g/mol. The predicted molar refractivity (Wildman–Crippen MR) is 83.9 cm³/mol. The number of hydrogen-bond donors (Lipinski definition) is 0. The third kappa shape index (κ3) is 3.58. The molecule has 0 spiro atoms. The second-order valence-electron chi connectivity index (χ2n) is 5.01. The lowest BCUT2D eigenvalue weighted by atomic mass is 10.0. The van der Waals surface area contributed by atoms with Crippen molar-refractivity contribution in [3.8, 4) is 11.6 Å². The van der Waals surface area contributed by atoms with Gasteiger partial charge in [-0.15, -0.1) is 0 Å². The highest BCUT2D eigenvalue weighted by molar-refractivity contribution is 9.10. The molecule has 6 heteroatoms. The molecule has 2 rings (SSSR count). The number of hydrogen-bond acceptors (Lipinski definition) is 4. The Morgan fingerprint density at radius 3 is 2.67 bits per heavy atom. The Balaban J connectivity index is 2.39. The van der Waals surface area contributed by atoms with Crippen LogP contribution in [0.1, 0.15) is 30.9 Å². The molecule has 0 amide bonds. The van der Waals surface area contributed by atoms with Gasteiger partial charge < -0.3 is 4.74 Å². The first-order valence-electron chi connectivity index (χ1n) is 6.47. The molecule has 0 aliphatic carbocycles. The summed E-state index contributed by atoms with van der Waals surface area (Å²) in [5, 5.41) is 11.0. The van der Waals surface area contributed by atoms with Gasteiger partial charge in [-0.3, -0.25) is 10.1 Å². The number of pyridine rings is 1. The summed E-state index contributed by atoms with van der Waals surface area (Å²) in [6.45, 7) is 5.76. The highest BCUT2D eigenvalue weighted by Gasteiger charge is 2.15. The van der Waals surface area contributed by atoms with Crippen molar-refractivity contribution in [2.45, 2.75) is 26.7 Å². The molecular formula is C15H15BrN2O3. The standard InChI is InChI=1S/C15H15BrN2O3/c1-9(2)12-6-11(16)4-5-14(12)21-15-7-13(18(19)20)10(3)8-17-15/h4-9H,1-3H3. The third-order valence-corrected chi connectivity index (χ3v) is 3.55. The Bertz CT molecular complexity index is 687. The monoisotopic (exact) mass is 350 g/mol. The van der Waals surface area contributed by atoms with Crippen molar-refractivity contribution < 1.29 is 9.66 Å². The lowest BCUT2D eigenvalue weighted by Gasteiger charge is -2.13. The molecule has 0 aliphatic heterocycles. The van der Waals surface area contributed by atoms with Crippen molar-refractivity contribution in [1.82, 2.24) is 4.98 Å². The molecule has 5 nitrogen and oxygen atoms in total. The van der Waals surface area contributed by atoms with Gasteiger partial charge in [0.25, 0.3) is 5.69 Å². The zero-order valence-electron chi connectivity index (χ0n) is 12.0. The van der Waals surface area contributed by atoms with Gasteiger partial charge in [0.2, 0.25) is 5.88 Å². The van der Waals surface area contributed by atoms with E-state index >= 15 is 0 Å². The van der Waals surface area contributed by atoms with Crippen LogP contribution >= 0.6 is 15.9 Å². The van der Waals surface area contributed by atoms with Crippen molar-refractivity contribution in [2.24, 2.45) is 0 Å². The van der Waals surface area contributed by atoms with E-state index in [-0.39, 0.29) is 17.5 Å². The average Bonchev–Trinajstić information content (AvgIpc) is 2.42. The highest BCUT2D eigenvalue weighted by atomic mass is 79.9. The second-order valence-corrected chi connectivity index (χ2v) is 5.92.